The fourth-order valence-electron chi connectivity index (χ4n) is 2.98. The van der Waals surface area contributed by atoms with Gasteiger partial charge < -0.3 is 5.73 Å². The molecule has 3 aromatic rings. The number of urea groups is 1. The van der Waals surface area contributed by atoms with Gasteiger partial charge in [-0.3, -0.25) is 14.9 Å². The third kappa shape index (κ3) is 3.87. The zero-order valence-electron chi connectivity index (χ0n) is 15.2. The van der Waals surface area contributed by atoms with Crippen molar-refractivity contribution in [2.24, 2.45) is 5.73 Å². The van der Waals surface area contributed by atoms with E-state index < -0.39 is 11.9 Å². The fourth-order valence-corrected chi connectivity index (χ4v) is 2.98. The highest BCUT2D eigenvalue weighted by atomic mass is 16.2. The highest BCUT2D eigenvalue weighted by Gasteiger charge is 2.15. The van der Waals surface area contributed by atoms with E-state index in [0.29, 0.717) is 11.1 Å². The van der Waals surface area contributed by atoms with Gasteiger partial charge in [0, 0.05) is 17.4 Å². The van der Waals surface area contributed by atoms with Gasteiger partial charge in [0.15, 0.2) is 0 Å². The predicted molar refractivity (Wildman–Crippen MR) is 103 cm³/mol. The second-order valence-corrected chi connectivity index (χ2v) is 6.40. The molecular formula is C20H20N4O3. The maximum absolute atomic E-state index is 12.8. The molecule has 27 heavy (non-hydrogen) atoms. The van der Waals surface area contributed by atoms with Gasteiger partial charge in [-0.05, 0) is 31.5 Å². The molecule has 0 spiro atoms. The quantitative estimate of drug-likeness (QED) is 0.740. The normalized spacial score (nSPS) is 10.7. The van der Waals surface area contributed by atoms with Crippen molar-refractivity contribution in [1.29, 1.82) is 0 Å². The molecular weight excluding hydrogens is 344 g/mol. The summed E-state index contributed by atoms with van der Waals surface area (Å²) < 4.78 is 1.26. The summed E-state index contributed by atoms with van der Waals surface area (Å²) in [6.45, 7) is 4.02. The van der Waals surface area contributed by atoms with E-state index in [1.165, 1.54) is 4.68 Å². The third-order valence-electron chi connectivity index (χ3n) is 4.33. The lowest BCUT2D eigenvalue weighted by Gasteiger charge is -2.13. The summed E-state index contributed by atoms with van der Waals surface area (Å²) in [5.41, 5.74) is 8.39. The van der Waals surface area contributed by atoms with Crippen LogP contribution in [-0.4, -0.2) is 21.7 Å². The van der Waals surface area contributed by atoms with Crippen LogP contribution in [0.25, 0.3) is 22.0 Å². The van der Waals surface area contributed by atoms with E-state index in [-0.39, 0.29) is 18.5 Å². The predicted octanol–water partition coefficient (Wildman–Crippen LogP) is 2.27. The first kappa shape index (κ1) is 18.3. The number of nitrogens with zero attached hydrogens (tertiary/aromatic N) is 2. The van der Waals surface area contributed by atoms with Crippen LogP contribution in [0.1, 0.15) is 17.5 Å². The summed E-state index contributed by atoms with van der Waals surface area (Å²) in [5.74, 6) is -0.558. The number of benzene rings is 2. The first-order valence-electron chi connectivity index (χ1n) is 8.53. The highest BCUT2D eigenvalue weighted by Crippen LogP contribution is 2.28. The number of carbonyl (C=O) groups excluding carboxylic acids is 2. The van der Waals surface area contributed by atoms with E-state index >= 15 is 0 Å². The number of aryl methyl sites for hydroxylation is 3. The molecule has 7 heteroatoms. The van der Waals surface area contributed by atoms with Crippen molar-refractivity contribution in [2.75, 3.05) is 0 Å². The lowest BCUT2D eigenvalue weighted by Crippen LogP contribution is -2.36. The molecule has 3 rings (SSSR count). The van der Waals surface area contributed by atoms with Crippen LogP contribution in [0.15, 0.2) is 47.3 Å². The number of fused-ring (bicyclic) bond motifs is 1. The maximum Gasteiger partial charge on any atom is 0.318 e. The zero-order valence-corrected chi connectivity index (χ0v) is 15.2. The van der Waals surface area contributed by atoms with E-state index in [1.54, 1.807) is 12.1 Å². The molecule has 0 saturated carbocycles. The van der Waals surface area contributed by atoms with Gasteiger partial charge in [0.2, 0.25) is 5.91 Å². The van der Waals surface area contributed by atoms with Crippen LogP contribution in [0, 0.1) is 13.8 Å². The number of primary amides is 1. The van der Waals surface area contributed by atoms with Crippen LogP contribution in [0.4, 0.5) is 4.79 Å². The van der Waals surface area contributed by atoms with Crippen LogP contribution in [0.5, 0.6) is 0 Å². The third-order valence-corrected chi connectivity index (χ3v) is 4.33. The van der Waals surface area contributed by atoms with Gasteiger partial charge in [-0.1, -0.05) is 35.9 Å². The Balaban J connectivity index is 2.12. The molecule has 0 aliphatic heterocycles. The summed E-state index contributed by atoms with van der Waals surface area (Å²) in [5, 5.41) is 7.81. The lowest BCUT2D eigenvalue weighted by atomic mass is 9.99. The summed E-state index contributed by atoms with van der Waals surface area (Å²) >= 11 is 0. The number of hydrogen-bond acceptors (Lipinski definition) is 4. The summed E-state index contributed by atoms with van der Waals surface area (Å²) in [6, 6.07) is 12.4. The van der Waals surface area contributed by atoms with Gasteiger partial charge >= 0.3 is 6.03 Å². The second kappa shape index (κ2) is 7.41. The number of imide groups is 1. The lowest BCUT2D eigenvalue weighted by molar-refractivity contribution is -0.120. The number of nitrogens with two attached hydrogens (primary N) is 1. The van der Waals surface area contributed by atoms with Crippen molar-refractivity contribution in [3.05, 3.63) is 63.9 Å². The Morgan fingerprint density at radius 2 is 1.81 bits per heavy atom. The maximum atomic E-state index is 12.8. The van der Waals surface area contributed by atoms with Gasteiger partial charge in [0.25, 0.3) is 5.56 Å². The molecule has 0 fully saturated rings. The standard InChI is InChI=1S/C20H20N4O3/c1-12-7-8-13(2)16(11-12)18-14-5-3-4-6-15(14)19(26)24(23-18)10-9-17(25)22-20(21)27/h3-8,11H,9-10H2,1-2H3,(H3,21,22,25,27). The molecule has 0 bridgehead atoms. The molecule has 1 aromatic heterocycles. The summed E-state index contributed by atoms with van der Waals surface area (Å²) in [6.07, 6.45) is -0.0829. The highest BCUT2D eigenvalue weighted by molar-refractivity contribution is 5.95. The average molecular weight is 364 g/mol. The number of nitrogens with one attached hydrogen (secondary N) is 1. The number of carbonyl (C=O) groups is 2. The largest absolute Gasteiger partial charge is 0.351 e. The van der Waals surface area contributed by atoms with Crippen molar-refractivity contribution < 1.29 is 9.59 Å². The molecule has 1 heterocycles. The second-order valence-electron chi connectivity index (χ2n) is 6.40. The Morgan fingerprint density at radius 3 is 2.52 bits per heavy atom. The zero-order chi connectivity index (χ0) is 19.6. The van der Waals surface area contributed by atoms with E-state index in [9.17, 15) is 14.4 Å². The minimum absolute atomic E-state index is 0.0423. The average Bonchev–Trinajstić information content (AvgIpc) is 2.63. The minimum Gasteiger partial charge on any atom is -0.351 e. The molecule has 0 unspecified atom stereocenters. The Kier molecular flexibility index (Phi) is 5.03. The van der Waals surface area contributed by atoms with Gasteiger partial charge in [0.1, 0.15) is 0 Å². The van der Waals surface area contributed by atoms with Crippen molar-refractivity contribution in [2.45, 2.75) is 26.8 Å². The van der Waals surface area contributed by atoms with Crippen LogP contribution in [0.3, 0.4) is 0 Å². The van der Waals surface area contributed by atoms with Gasteiger partial charge in [0.05, 0.1) is 17.6 Å². The molecule has 2 aromatic carbocycles. The minimum atomic E-state index is -0.921. The molecule has 0 aliphatic carbocycles. The fraction of sp³-hybridized carbons (Fsp3) is 0.200. The monoisotopic (exact) mass is 364 g/mol. The topological polar surface area (TPSA) is 107 Å². The van der Waals surface area contributed by atoms with Crippen molar-refractivity contribution >= 4 is 22.7 Å². The Labute approximate surface area is 155 Å². The molecule has 3 amide bonds. The Bertz CT molecular complexity index is 1100. The van der Waals surface area contributed by atoms with Crippen molar-refractivity contribution in [1.82, 2.24) is 15.1 Å². The summed E-state index contributed by atoms with van der Waals surface area (Å²) in [7, 11) is 0. The molecule has 0 atom stereocenters. The van der Waals surface area contributed by atoms with Crippen molar-refractivity contribution in [3.63, 3.8) is 0 Å². The van der Waals surface area contributed by atoms with E-state index in [0.717, 1.165) is 22.1 Å². The van der Waals surface area contributed by atoms with Crippen LogP contribution >= 0.6 is 0 Å². The Morgan fingerprint density at radius 1 is 1.11 bits per heavy atom. The van der Waals surface area contributed by atoms with Gasteiger partial charge in [-0.15, -0.1) is 0 Å². The molecule has 0 aliphatic rings. The molecule has 7 nitrogen and oxygen atoms in total. The van der Waals surface area contributed by atoms with Crippen LogP contribution in [0.2, 0.25) is 0 Å². The van der Waals surface area contributed by atoms with E-state index in [1.807, 2.05) is 49.5 Å². The van der Waals surface area contributed by atoms with Crippen LogP contribution in [-0.2, 0) is 11.3 Å². The molecule has 138 valence electrons. The number of rotatable bonds is 4. The van der Waals surface area contributed by atoms with E-state index in [4.69, 9.17) is 5.73 Å². The van der Waals surface area contributed by atoms with Gasteiger partial charge in [-0.25, -0.2) is 9.48 Å². The first-order chi connectivity index (χ1) is 12.9. The number of aromatic nitrogens is 2. The Hall–Kier alpha value is -3.48. The molecule has 0 radical (unpaired) electrons. The van der Waals surface area contributed by atoms with E-state index in [2.05, 4.69) is 5.10 Å². The number of amides is 3. The first-order valence-corrected chi connectivity index (χ1v) is 8.53. The SMILES string of the molecule is Cc1ccc(C)c(-c2nn(CCC(=O)NC(N)=O)c(=O)c3ccccc23)c1. The summed E-state index contributed by atoms with van der Waals surface area (Å²) in [4.78, 5) is 35.3. The van der Waals surface area contributed by atoms with Crippen molar-refractivity contribution in [3.8, 4) is 11.3 Å². The molecule has 0 saturated heterocycles. The number of hydrogen-bond donors (Lipinski definition) is 2. The van der Waals surface area contributed by atoms with Crippen LogP contribution < -0.4 is 16.6 Å². The molecule has 3 N–H and O–H groups in total. The van der Waals surface area contributed by atoms with Gasteiger partial charge in [-0.2, -0.15) is 5.10 Å². The smallest absolute Gasteiger partial charge is 0.318 e.